The third kappa shape index (κ3) is 4.65. The highest BCUT2D eigenvalue weighted by Gasteiger charge is 2.32. The van der Waals surface area contributed by atoms with Gasteiger partial charge in [-0.05, 0) is 40.0 Å². The van der Waals surface area contributed by atoms with Crippen molar-refractivity contribution in [3.8, 4) is 0 Å². The summed E-state index contributed by atoms with van der Waals surface area (Å²) in [6.45, 7) is 11.8. The monoisotopic (exact) mass is 362 g/mol. The number of nitrogens with zero attached hydrogens (tertiary/aromatic N) is 2. The molecule has 0 saturated carbocycles. The van der Waals surface area contributed by atoms with E-state index in [1.54, 1.807) is 4.90 Å². The lowest BCUT2D eigenvalue weighted by Crippen LogP contribution is -2.47. The van der Waals surface area contributed by atoms with Crippen LogP contribution < -0.4 is 11.3 Å². The molecule has 0 aliphatic carbocycles. The molecule has 7 heteroatoms. The van der Waals surface area contributed by atoms with Crippen LogP contribution in [0, 0.1) is 5.92 Å². The number of H-pyrrole nitrogens is 1. The average Bonchev–Trinajstić information content (AvgIpc) is 2.50. The molecule has 26 heavy (non-hydrogen) atoms. The Labute approximate surface area is 154 Å². The number of amides is 1. The van der Waals surface area contributed by atoms with Gasteiger partial charge in [-0.3, -0.25) is 9.69 Å². The van der Waals surface area contributed by atoms with E-state index in [0.29, 0.717) is 35.8 Å². The molecular weight excluding hydrogens is 332 g/mol. The van der Waals surface area contributed by atoms with Crippen molar-refractivity contribution in [1.29, 1.82) is 0 Å². The Morgan fingerprint density at radius 2 is 2.12 bits per heavy atom. The van der Waals surface area contributed by atoms with Crippen LogP contribution in [0.25, 0.3) is 5.57 Å². The van der Waals surface area contributed by atoms with Crippen molar-refractivity contribution in [2.24, 2.45) is 11.7 Å². The van der Waals surface area contributed by atoms with Crippen LogP contribution in [-0.4, -0.2) is 32.6 Å². The molecule has 0 spiro atoms. The summed E-state index contributed by atoms with van der Waals surface area (Å²) in [4.78, 5) is 34.1. The van der Waals surface area contributed by atoms with Gasteiger partial charge in [0.25, 0.3) is 5.56 Å². The van der Waals surface area contributed by atoms with E-state index < -0.39 is 11.7 Å². The number of aromatic nitrogens is 2. The number of hydrogen-bond acceptors (Lipinski definition) is 5. The summed E-state index contributed by atoms with van der Waals surface area (Å²) in [5, 5.41) is 0. The average molecular weight is 362 g/mol. The summed E-state index contributed by atoms with van der Waals surface area (Å²) >= 11 is 0. The van der Waals surface area contributed by atoms with Gasteiger partial charge in [0.1, 0.15) is 11.4 Å². The summed E-state index contributed by atoms with van der Waals surface area (Å²) in [6, 6.07) is -0.133. The molecule has 0 fully saturated rings. The normalized spacial score (nSPS) is 18.0. The third-order valence-corrected chi connectivity index (χ3v) is 4.21. The molecule has 1 atom stereocenters. The summed E-state index contributed by atoms with van der Waals surface area (Å²) in [6.07, 6.45) is 2.26. The number of rotatable bonds is 3. The summed E-state index contributed by atoms with van der Waals surface area (Å²) in [5.41, 5.74) is 7.03. The first-order valence-electron chi connectivity index (χ1n) is 9.04. The number of carbonyl (C=O) groups is 1. The van der Waals surface area contributed by atoms with Crippen LogP contribution in [0.1, 0.15) is 65.0 Å². The van der Waals surface area contributed by atoms with Crippen LogP contribution in [0.5, 0.6) is 0 Å². The molecule has 0 radical (unpaired) electrons. The first-order chi connectivity index (χ1) is 12.0. The molecule has 1 unspecified atom stereocenters. The predicted octanol–water partition coefficient (Wildman–Crippen LogP) is 2.80. The van der Waals surface area contributed by atoms with Crippen LogP contribution in [-0.2, 0) is 17.7 Å². The Hall–Kier alpha value is -2.31. The van der Waals surface area contributed by atoms with Crippen molar-refractivity contribution in [3.05, 3.63) is 33.6 Å². The zero-order valence-electron chi connectivity index (χ0n) is 16.5. The molecule has 3 N–H and O–H groups in total. The molecule has 2 rings (SSSR count). The second-order valence-corrected chi connectivity index (χ2v) is 8.29. The minimum atomic E-state index is -0.573. The van der Waals surface area contributed by atoms with Crippen LogP contribution in [0.2, 0.25) is 0 Å². The Balaban J connectivity index is 2.36. The fourth-order valence-corrected chi connectivity index (χ4v) is 3.01. The van der Waals surface area contributed by atoms with Crippen molar-refractivity contribution in [3.63, 3.8) is 0 Å². The van der Waals surface area contributed by atoms with E-state index in [9.17, 15) is 9.59 Å². The molecule has 2 heterocycles. The molecule has 1 aromatic heterocycles. The fourth-order valence-electron chi connectivity index (χ4n) is 3.01. The number of nitrogens with one attached hydrogen (secondary N) is 1. The standard InChI is InChI=1S/C19H30N4O3/c1-11(2)7-13(9-20)16-21-15-10-23(18(25)26-19(4,5)6)12(3)8-14(15)17(24)22-16/h9,11-12H,7-8,10,20H2,1-6H3,(H,21,22,24)/b13-9-. The minimum absolute atomic E-state index is 0.133. The second kappa shape index (κ2) is 7.51. The quantitative estimate of drug-likeness (QED) is 0.861. The van der Waals surface area contributed by atoms with Gasteiger partial charge in [-0.25, -0.2) is 9.78 Å². The zero-order chi connectivity index (χ0) is 19.6. The van der Waals surface area contributed by atoms with Gasteiger partial charge in [0.15, 0.2) is 0 Å². The largest absolute Gasteiger partial charge is 0.444 e. The van der Waals surface area contributed by atoms with E-state index in [4.69, 9.17) is 10.5 Å². The van der Waals surface area contributed by atoms with Crippen molar-refractivity contribution in [2.75, 3.05) is 0 Å². The number of aromatic amines is 1. The topological polar surface area (TPSA) is 101 Å². The SMILES string of the molecule is CC(C)C/C(=C/N)c1nc2c(c(=O)[nH]1)CC(C)N(C(=O)OC(C)(C)C)C2. The molecule has 0 bridgehead atoms. The lowest BCUT2D eigenvalue weighted by Gasteiger charge is -2.35. The van der Waals surface area contributed by atoms with E-state index in [0.717, 1.165) is 5.57 Å². The number of allylic oxidation sites excluding steroid dienone is 1. The maximum absolute atomic E-state index is 12.5. The Morgan fingerprint density at radius 1 is 1.46 bits per heavy atom. The molecule has 144 valence electrons. The lowest BCUT2D eigenvalue weighted by atomic mass is 9.99. The van der Waals surface area contributed by atoms with Crippen molar-refractivity contribution in [1.82, 2.24) is 14.9 Å². The van der Waals surface area contributed by atoms with Crippen LogP contribution >= 0.6 is 0 Å². The number of ether oxygens (including phenoxy) is 1. The van der Waals surface area contributed by atoms with Gasteiger partial charge in [0.2, 0.25) is 0 Å². The van der Waals surface area contributed by atoms with Gasteiger partial charge < -0.3 is 15.5 Å². The molecule has 7 nitrogen and oxygen atoms in total. The summed E-state index contributed by atoms with van der Waals surface area (Å²) < 4.78 is 5.49. The fraction of sp³-hybridized carbons (Fsp3) is 0.632. The number of carbonyl (C=O) groups excluding carboxylic acids is 1. The smallest absolute Gasteiger partial charge is 0.410 e. The Morgan fingerprint density at radius 3 is 2.65 bits per heavy atom. The lowest BCUT2D eigenvalue weighted by molar-refractivity contribution is 0.0133. The first-order valence-corrected chi connectivity index (χ1v) is 9.04. The first kappa shape index (κ1) is 20.0. The van der Waals surface area contributed by atoms with Crippen molar-refractivity contribution < 1.29 is 9.53 Å². The van der Waals surface area contributed by atoms with Gasteiger partial charge in [0, 0.05) is 29.8 Å². The van der Waals surface area contributed by atoms with Crippen LogP contribution in [0.3, 0.4) is 0 Å². The highest BCUT2D eigenvalue weighted by molar-refractivity contribution is 5.69. The molecule has 1 aliphatic heterocycles. The summed E-state index contributed by atoms with van der Waals surface area (Å²) in [5.74, 6) is 0.855. The molecule has 1 amide bonds. The molecular formula is C19H30N4O3. The number of nitrogens with two attached hydrogens (primary N) is 1. The summed E-state index contributed by atoms with van der Waals surface area (Å²) in [7, 11) is 0. The highest BCUT2D eigenvalue weighted by atomic mass is 16.6. The van der Waals surface area contributed by atoms with Crippen molar-refractivity contribution in [2.45, 2.75) is 72.6 Å². The maximum Gasteiger partial charge on any atom is 0.410 e. The predicted molar refractivity (Wildman–Crippen MR) is 101 cm³/mol. The number of fused-ring (bicyclic) bond motifs is 1. The zero-order valence-corrected chi connectivity index (χ0v) is 16.5. The van der Waals surface area contributed by atoms with E-state index in [-0.39, 0.29) is 18.1 Å². The second-order valence-electron chi connectivity index (χ2n) is 8.29. The molecule has 1 aliphatic rings. The van der Waals surface area contributed by atoms with Crippen LogP contribution in [0.15, 0.2) is 11.0 Å². The van der Waals surface area contributed by atoms with Gasteiger partial charge in [-0.2, -0.15) is 0 Å². The van der Waals surface area contributed by atoms with Gasteiger partial charge >= 0.3 is 6.09 Å². The van der Waals surface area contributed by atoms with Gasteiger partial charge in [0.05, 0.1) is 12.2 Å². The molecule has 1 aromatic rings. The third-order valence-electron chi connectivity index (χ3n) is 4.21. The van der Waals surface area contributed by atoms with E-state index in [1.165, 1.54) is 6.20 Å². The number of hydrogen-bond donors (Lipinski definition) is 2. The van der Waals surface area contributed by atoms with Gasteiger partial charge in [-0.1, -0.05) is 13.8 Å². The Kier molecular flexibility index (Phi) is 5.78. The van der Waals surface area contributed by atoms with Crippen LogP contribution in [0.4, 0.5) is 4.79 Å². The highest BCUT2D eigenvalue weighted by Crippen LogP contribution is 2.24. The van der Waals surface area contributed by atoms with E-state index in [1.807, 2.05) is 27.7 Å². The van der Waals surface area contributed by atoms with E-state index in [2.05, 4.69) is 23.8 Å². The molecule has 0 saturated heterocycles. The van der Waals surface area contributed by atoms with E-state index >= 15 is 0 Å². The Bertz CT molecular complexity index is 759. The van der Waals surface area contributed by atoms with Crippen molar-refractivity contribution >= 4 is 11.7 Å². The molecule has 0 aromatic carbocycles. The maximum atomic E-state index is 12.5. The minimum Gasteiger partial charge on any atom is -0.444 e. The van der Waals surface area contributed by atoms with Gasteiger partial charge in [-0.15, -0.1) is 0 Å².